The van der Waals surface area contributed by atoms with Crippen LogP contribution in [0.3, 0.4) is 0 Å². The van der Waals surface area contributed by atoms with Gasteiger partial charge in [0, 0.05) is 0 Å². The fourth-order valence-corrected chi connectivity index (χ4v) is 2.08. The van der Waals surface area contributed by atoms with Gasteiger partial charge in [0.2, 0.25) is 0 Å². The minimum atomic E-state index is 0.683. The van der Waals surface area contributed by atoms with Crippen LogP contribution >= 0.6 is 0 Å². The summed E-state index contributed by atoms with van der Waals surface area (Å²) in [7, 11) is 0. The van der Waals surface area contributed by atoms with Crippen molar-refractivity contribution in [1.29, 1.82) is 0 Å². The number of hydrogen-bond donors (Lipinski definition) is 1. The van der Waals surface area contributed by atoms with E-state index in [1.54, 1.807) is 0 Å². The predicted molar refractivity (Wildman–Crippen MR) is 66.9 cm³/mol. The number of hydrogen-bond acceptors (Lipinski definition) is 2. The third-order valence-electron chi connectivity index (χ3n) is 3.07. The Kier molecular flexibility index (Phi) is 3.49. The van der Waals surface area contributed by atoms with Gasteiger partial charge in [0.05, 0.1) is 6.61 Å². The first-order valence-electron chi connectivity index (χ1n) is 6.13. The Balaban J connectivity index is 2.16. The van der Waals surface area contributed by atoms with Crippen molar-refractivity contribution in [3.63, 3.8) is 0 Å². The monoisotopic (exact) mass is 219 g/mol. The molecule has 88 valence electrons. The molecule has 2 N–H and O–H groups in total. The third-order valence-corrected chi connectivity index (χ3v) is 3.07. The highest BCUT2D eigenvalue weighted by atomic mass is 16.5. The van der Waals surface area contributed by atoms with Crippen LogP contribution in [0.4, 0.5) is 0 Å². The molecule has 1 aliphatic carbocycles. The van der Waals surface area contributed by atoms with Crippen LogP contribution in [-0.4, -0.2) is 13.2 Å². The van der Waals surface area contributed by atoms with Gasteiger partial charge in [-0.15, -0.1) is 0 Å². The quantitative estimate of drug-likeness (QED) is 0.826. The summed E-state index contributed by atoms with van der Waals surface area (Å²) in [5, 5.41) is 0. The van der Waals surface area contributed by atoms with Crippen molar-refractivity contribution in [3.05, 3.63) is 28.8 Å². The molecule has 0 radical (unpaired) electrons. The van der Waals surface area contributed by atoms with E-state index in [9.17, 15) is 0 Å². The smallest absolute Gasteiger partial charge is 0.125 e. The van der Waals surface area contributed by atoms with Crippen LogP contribution in [0.1, 0.15) is 29.5 Å². The van der Waals surface area contributed by atoms with Gasteiger partial charge in [0.25, 0.3) is 0 Å². The first kappa shape index (κ1) is 11.5. The zero-order valence-corrected chi connectivity index (χ0v) is 10.3. The average Bonchev–Trinajstić information content (AvgIpc) is 3.00. The van der Waals surface area contributed by atoms with Crippen molar-refractivity contribution >= 4 is 0 Å². The molecule has 0 heterocycles. The molecule has 1 fully saturated rings. The Bertz CT molecular complexity index is 369. The molecule has 2 heteroatoms. The summed E-state index contributed by atoms with van der Waals surface area (Å²) in [5.74, 6) is 1.87. The Morgan fingerprint density at radius 3 is 2.69 bits per heavy atom. The van der Waals surface area contributed by atoms with Crippen LogP contribution in [0.2, 0.25) is 0 Å². The molecule has 1 saturated carbocycles. The number of aryl methyl sites for hydroxylation is 2. The molecule has 0 saturated heterocycles. The molecule has 2 nitrogen and oxygen atoms in total. The van der Waals surface area contributed by atoms with Gasteiger partial charge >= 0.3 is 0 Å². The molecule has 1 aromatic rings. The molecule has 1 aromatic carbocycles. The standard InChI is InChI=1S/C14H21NO/c1-10-7-11(2)14(13(8-10)5-6-15)16-9-12-3-4-12/h7-8,12H,3-6,9,15H2,1-2H3. The van der Waals surface area contributed by atoms with Gasteiger partial charge in [0.15, 0.2) is 0 Å². The summed E-state index contributed by atoms with van der Waals surface area (Å²) in [4.78, 5) is 0. The second kappa shape index (κ2) is 4.88. The van der Waals surface area contributed by atoms with Crippen LogP contribution in [0, 0.1) is 19.8 Å². The SMILES string of the molecule is Cc1cc(C)c(OCC2CC2)c(CCN)c1. The van der Waals surface area contributed by atoms with Crippen LogP contribution in [-0.2, 0) is 6.42 Å². The fraction of sp³-hybridized carbons (Fsp3) is 0.571. The number of ether oxygens (including phenoxy) is 1. The molecular weight excluding hydrogens is 198 g/mol. The maximum Gasteiger partial charge on any atom is 0.125 e. The molecule has 1 aliphatic rings. The van der Waals surface area contributed by atoms with Gasteiger partial charge < -0.3 is 10.5 Å². The summed E-state index contributed by atoms with van der Waals surface area (Å²) in [6.07, 6.45) is 3.57. The van der Waals surface area contributed by atoms with Gasteiger partial charge in [-0.05, 0) is 56.7 Å². The molecule has 0 aliphatic heterocycles. The second-order valence-corrected chi connectivity index (χ2v) is 4.86. The number of nitrogens with two attached hydrogens (primary N) is 1. The van der Waals surface area contributed by atoms with Gasteiger partial charge in [-0.2, -0.15) is 0 Å². The lowest BCUT2D eigenvalue weighted by Crippen LogP contribution is -2.08. The third kappa shape index (κ3) is 2.76. The van der Waals surface area contributed by atoms with Gasteiger partial charge in [0.1, 0.15) is 5.75 Å². The molecule has 0 bridgehead atoms. The van der Waals surface area contributed by atoms with E-state index in [2.05, 4.69) is 26.0 Å². The molecule has 0 atom stereocenters. The largest absolute Gasteiger partial charge is 0.493 e. The number of benzene rings is 1. The molecule has 0 spiro atoms. The molecule has 0 aromatic heterocycles. The van der Waals surface area contributed by atoms with Crippen LogP contribution in [0.5, 0.6) is 5.75 Å². The average molecular weight is 219 g/mol. The summed E-state index contributed by atoms with van der Waals surface area (Å²) in [6, 6.07) is 4.38. The van der Waals surface area contributed by atoms with Crippen molar-refractivity contribution in [2.75, 3.05) is 13.2 Å². The van der Waals surface area contributed by atoms with Crippen molar-refractivity contribution < 1.29 is 4.74 Å². The lowest BCUT2D eigenvalue weighted by atomic mass is 10.0. The van der Waals surface area contributed by atoms with Gasteiger partial charge in [-0.1, -0.05) is 17.7 Å². The minimum Gasteiger partial charge on any atom is -0.493 e. The minimum absolute atomic E-state index is 0.683. The van der Waals surface area contributed by atoms with Crippen molar-refractivity contribution in [2.45, 2.75) is 33.1 Å². The number of rotatable bonds is 5. The van der Waals surface area contributed by atoms with Gasteiger partial charge in [-0.3, -0.25) is 0 Å². The Labute approximate surface area is 97.8 Å². The van der Waals surface area contributed by atoms with E-state index in [0.29, 0.717) is 6.54 Å². The zero-order chi connectivity index (χ0) is 11.5. The van der Waals surface area contributed by atoms with E-state index in [0.717, 1.165) is 24.7 Å². The van der Waals surface area contributed by atoms with Crippen LogP contribution < -0.4 is 10.5 Å². The van der Waals surface area contributed by atoms with Crippen LogP contribution in [0.25, 0.3) is 0 Å². The molecule has 0 unspecified atom stereocenters. The van der Waals surface area contributed by atoms with Crippen molar-refractivity contribution in [2.24, 2.45) is 11.7 Å². The maximum absolute atomic E-state index is 5.94. The highest BCUT2D eigenvalue weighted by molar-refractivity contribution is 5.44. The summed E-state index contributed by atoms with van der Waals surface area (Å²) in [5.41, 5.74) is 9.44. The zero-order valence-electron chi connectivity index (χ0n) is 10.3. The predicted octanol–water partition coefficient (Wildman–Crippen LogP) is 2.59. The maximum atomic E-state index is 5.94. The lowest BCUT2D eigenvalue weighted by molar-refractivity contribution is 0.295. The Morgan fingerprint density at radius 1 is 1.31 bits per heavy atom. The lowest BCUT2D eigenvalue weighted by Gasteiger charge is -2.14. The highest BCUT2D eigenvalue weighted by Crippen LogP contribution is 2.32. The first-order chi connectivity index (χ1) is 7.70. The van der Waals surface area contributed by atoms with E-state index in [-0.39, 0.29) is 0 Å². The van der Waals surface area contributed by atoms with Gasteiger partial charge in [-0.25, -0.2) is 0 Å². The van der Waals surface area contributed by atoms with E-state index >= 15 is 0 Å². The van der Waals surface area contributed by atoms with Crippen molar-refractivity contribution in [1.82, 2.24) is 0 Å². The highest BCUT2D eigenvalue weighted by Gasteiger charge is 2.22. The van der Waals surface area contributed by atoms with Crippen molar-refractivity contribution in [3.8, 4) is 5.75 Å². The molecule has 2 rings (SSSR count). The molecule has 16 heavy (non-hydrogen) atoms. The fourth-order valence-electron chi connectivity index (χ4n) is 2.08. The first-order valence-corrected chi connectivity index (χ1v) is 6.13. The van der Waals surface area contributed by atoms with E-state index in [1.807, 2.05) is 0 Å². The normalized spacial score (nSPS) is 15.2. The van der Waals surface area contributed by atoms with E-state index in [1.165, 1.54) is 29.5 Å². The summed E-state index contributed by atoms with van der Waals surface area (Å²) < 4.78 is 5.94. The van der Waals surface area contributed by atoms with Crippen LogP contribution in [0.15, 0.2) is 12.1 Å². The summed E-state index contributed by atoms with van der Waals surface area (Å²) in [6.45, 7) is 5.80. The molecular formula is C14H21NO. The molecule has 0 amide bonds. The Hall–Kier alpha value is -1.02. The van der Waals surface area contributed by atoms with E-state index in [4.69, 9.17) is 10.5 Å². The summed E-state index contributed by atoms with van der Waals surface area (Å²) >= 11 is 0. The Morgan fingerprint density at radius 2 is 2.06 bits per heavy atom. The second-order valence-electron chi connectivity index (χ2n) is 4.86. The van der Waals surface area contributed by atoms with E-state index < -0.39 is 0 Å². The topological polar surface area (TPSA) is 35.2 Å².